The summed E-state index contributed by atoms with van der Waals surface area (Å²) < 4.78 is 34.2. The lowest BCUT2D eigenvalue weighted by Crippen LogP contribution is -2.29. The molecule has 5 nitrogen and oxygen atoms in total. The van der Waals surface area contributed by atoms with Crippen LogP contribution in [0.3, 0.4) is 0 Å². The maximum atomic E-state index is 14.1. The average molecular weight is 447 g/mol. The Kier molecular flexibility index (Phi) is 6.69. The first-order chi connectivity index (χ1) is 12.2. The molecular formula is C17H15BrClF2N3O2. The van der Waals surface area contributed by atoms with E-state index < -0.39 is 29.2 Å². The second-order valence-corrected chi connectivity index (χ2v) is 6.69. The number of halogens is 4. The minimum Gasteiger partial charge on any atom is -0.384 e. The maximum absolute atomic E-state index is 14.1. The van der Waals surface area contributed by atoms with Gasteiger partial charge in [-0.15, -0.1) is 0 Å². The largest absolute Gasteiger partial charge is 0.384 e. The maximum Gasteiger partial charge on any atom is 0.271 e. The molecule has 3 N–H and O–H groups in total. The summed E-state index contributed by atoms with van der Waals surface area (Å²) in [6, 6.07) is 8.57. The van der Waals surface area contributed by atoms with E-state index in [4.69, 9.17) is 27.7 Å². The lowest BCUT2D eigenvalue weighted by atomic mass is 10.1. The first kappa shape index (κ1) is 20.3. The van der Waals surface area contributed by atoms with Crippen LogP contribution in [0.4, 0.5) is 8.78 Å². The Labute approximate surface area is 162 Å². The van der Waals surface area contributed by atoms with Gasteiger partial charge in [0.15, 0.2) is 6.10 Å². The van der Waals surface area contributed by atoms with Gasteiger partial charge < -0.3 is 10.5 Å². The van der Waals surface area contributed by atoms with Crippen molar-refractivity contribution >= 4 is 39.4 Å². The van der Waals surface area contributed by atoms with Crippen LogP contribution in [0.2, 0.25) is 0 Å². The molecule has 1 unspecified atom stereocenters. The van der Waals surface area contributed by atoms with E-state index in [0.717, 1.165) is 23.7 Å². The van der Waals surface area contributed by atoms with Crippen molar-refractivity contribution in [2.24, 2.45) is 5.73 Å². The van der Waals surface area contributed by atoms with Gasteiger partial charge in [0.2, 0.25) is 0 Å². The lowest BCUT2D eigenvalue weighted by molar-refractivity contribution is -0.138. The quantitative estimate of drug-likeness (QED) is 0.401. The number of hydrogen-bond acceptors (Lipinski definition) is 3. The Bertz CT molecular complexity index is 810. The van der Waals surface area contributed by atoms with Crippen LogP contribution in [0, 0.1) is 17.0 Å². The van der Waals surface area contributed by atoms with E-state index in [-0.39, 0.29) is 16.9 Å². The van der Waals surface area contributed by atoms with Gasteiger partial charge in [-0.2, -0.15) is 0 Å². The van der Waals surface area contributed by atoms with Gasteiger partial charge in [-0.1, -0.05) is 40.2 Å². The van der Waals surface area contributed by atoms with Gasteiger partial charge in [0.25, 0.3) is 5.91 Å². The van der Waals surface area contributed by atoms with Gasteiger partial charge in [0.1, 0.15) is 17.5 Å². The normalized spacial score (nSPS) is 11.9. The smallest absolute Gasteiger partial charge is 0.271 e. The molecule has 138 valence electrons. The van der Waals surface area contributed by atoms with E-state index in [2.05, 4.69) is 15.9 Å². The fourth-order valence-electron chi connectivity index (χ4n) is 2.30. The van der Waals surface area contributed by atoms with Crippen molar-refractivity contribution in [3.05, 3.63) is 69.2 Å². The first-order valence-corrected chi connectivity index (χ1v) is 8.45. The molecule has 0 aromatic heterocycles. The summed E-state index contributed by atoms with van der Waals surface area (Å²) in [5, 5.41) is 7.34. The van der Waals surface area contributed by atoms with E-state index in [9.17, 15) is 13.6 Å². The summed E-state index contributed by atoms with van der Waals surface area (Å²) >= 11 is 8.99. The van der Waals surface area contributed by atoms with Crippen LogP contribution in [0.5, 0.6) is 0 Å². The van der Waals surface area contributed by atoms with Crippen LogP contribution in [0.1, 0.15) is 22.8 Å². The third-order valence-electron chi connectivity index (χ3n) is 3.59. The van der Waals surface area contributed by atoms with Gasteiger partial charge in [0.05, 0.1) is 12.1 Å². The van der Waals surface area contributed by atoms with E-state index >= 15 is 0 Å². The number of benzene rings is 2. The fourth-order valence-corrected chi connectivity index (χ4v) is 2.93. The van der Waals surface area contributed by atoms with Gasteiger partial charge in [-0.3, -0.25) is 10.2 Å². The third-order valence-corrected chi connectivity index (χ3v) is 4.34. The van der Waals surface area contributed by atoms with Gasteiger partial charge in [0, 0.05) is 28.9 Å². The summed E-state index contributed by atoms with van der Waals surface area (Å²) in [4.78, 5) is 12.5. The monoisotopic (exact) mass is 445 g/mol. The molecule has 1 amide bonds. The highest BCUT2D eigenvalue weighted by Crippen LogP contribution is 2.29. The zero-order chi connectivity index (χ0) is 19.4. The standard InChI is InChI=1S/C17H15BrClF2N3O2/c1-26-15(14-12(20)6-11(18)7-13(14)21)17(25)24(19)8-9-2-4-10(5-3-9)16(22)23/h2-7,15H,8H2,1H3,(H3,22,23). The summed E-state index contributed by atoms with van der Waals surface area (Å²) in [7, 11) is 1.16. The topological polar surface area (TPSA) is 79.4 Å². The van der Waals surface area contributed by atoms with Crippen LogP contribution >= 0.6 is 27.7 Å². The summed E-state index contributed by atoms with van der Waals surface area (Å²) in [5.74, 6) is -2.75. The van der Waals surface area contributed by atoms with Crippen LogP contribution in [0.15, 0.2) is 40.9 Å². The Morgan fingerprint density at radius 2 is 1.85 bits per heavy atom. The summed E-state index contributed by atoms with van der Waals surface area (Å²) in [6.07, 6.45) is -1.53. The molecule has 0 aliphatic carbocycles. The molecule has 0 radical (unpaired) electrons. The van der Waals surface area contributed by atoms with E-state index in [0.29, 0.717) is 11.1 Å². The molecule has 9 heteroatoms. The summed E-state index contributed by atoms with van der Waals surface area (Å²) in [6.45, 7) is -0.0296. The number of rotatable bonds is 6. The van der Waals surface area contributed by atoms with Crippen LogP contribution in [-0.4, -0.2) is 23.3 Å². The van der Waals surface area contributed by atoms with Crippen molar-refractivity contribution in [3.63, 3.8) is 0 Å². The molecule has 2 aromatic rings. The Hall–Kier alpha value is -2.03. The number of amidine groups is 1. The van der Waals surface area contributed by atoms with Gasteiger partial charge in [-0.25, -0.2) is 13.2 Å². The van der Waals surface area contributed by atoms with E-state index in [1.807, 2.05) is 0 Å². The number of carbonyl (C=O) groups excluding carboxylic acids is 1. The van der Waals surface area contributed by atoms with Crippen molar-refractivity contribution in [2.75, 3.05) is 7.11 Å². The second-order valence-electron chi connectivity index (χ2n) is 5.37. The Morgan fingerprint density at radius 3 is 2.31 bits per heavy atom. The molecule has 0 saturated carbocycles. The SMILES string of the molecule is COC(C(=O)N(Cl)Cc1ccc(C(=N)N)cc1)c1c(F)cc(Br)cc1F. The van der Waals surface area contributed by atoms with Crippen LogP contribution < -0.4 is 5.73 Å². The van der Waals surface area contributed by atoms with Crippen molar-refractivity contribution in [2.45, 2.75) is 12.6 Å². The zero-order valence-corrected chi connectivity index (χ0v) is 15.9. The number of nitrogens with one attached hydrogen (secondary N) is 1. The number of ether oxygens (including phenoxy) is 1. The molecule has 0 heterocycles. The van der Waals surface area contributed by atoms with Crippen molar-refractivity contribution < 1.29 is 18.3 Å². The fraction of sp³-hybridized carbons (Fsp3) is 0.176. The molecule has 1 atom stereocenters. The molecule has 26 heavy (non-hydrogen) atoms. The number of carbonyl (C=O) groups is 1. The molecule has 0 saturated heterocycles. The number of methoxy groups -OCH3 is 1. The minimum atomic E-state index is -1.53. The minimum absolute atomic E-state index is 0.0296. The molecule has 0 spiro atoms. The molecular weight excluding hydrogens is 432 g/mol. The molecule has 0 aliphatic rings. The predicted molar refractivity (Wildman–Crippen MR) is 97.7 cm³/mol. The first-order valence-electron chi connectivity index (χ1n) is 7.32. The van der Waals surface area contributed by atoms with Crippen molar-refractivity contribution in [3.8, 4) is 0 Å². The second kappa shape index (κ2) is 8.57. The molecule has 0 bridgehead atoms. The average Bonchev–Trinajstić information content (AvgIpc) is 2.57. The Balaban J connectivity index is 2.21. The highest BCUT2D eigenvalue weighted by molar-refractivity contribution is 9.10. The number of nitrogens with two attached hydrogens (primary N) is 1. The number of nitrogen functional groups attached to an aromatic ring is 1. The zero-order valence-electron chi connectivity index (χ0n) is 13.6. The van der Waals surface area contributed by atoms with Gasteiger partial charge in [-0.05, 0) is 17.7 Å². The van der Waals surface area contributed by atoms with Crippen molar-refractivity contribution in [1.29, 1.82) is 5.41 Å². The predicted octanol–water partition coefficient (Wildman–Crippen LogP) is 3.88. The molecule has 0 fully saturated rings. The highest BCUT2D eigenvalue weighted by Gasteiger charge is 2.30. The molecule has 2 aromatic carbocycles. The van der Waals surface area contributed by atoms with Crippen LogP contribution in [-0.2, 0) is 16.1 Å². The van der Waals surface area contributed by atoms with Crippen molar-refractivity contribution in [1.82, 2.24) is 4.42 Å². The lowest BCUT2D eigenvalue weighted by Gasteiger charge is -2.21. The molecule has 2 rings (SSSR count). The van der Waals surface area contributed by atoms with Gasteiger partial charge >= 0.3 is 0 Å². The number of nitrogens with zero attached hydrogens (tertiary/aromatic N) is 1. The van der Waals surface area contributed by atoms with E-state index in [1.54, 1.807) is 24.3 Å². The Morgan fingerprint density at radius 1 is 1.31 bits per heavy atom. The number of amides is 1. The highest BCUT2D eigenvalue weighted by atomic mass is 79.9. The number of hydrogen-bond donors (Lipinski definition) is 2. The molecule has 0 aliphatic heterocycles. The summed E-state index contributed by atoms with van der Waals surface area (Å²) in [5.41, 5.74) is 6.03. The van der Waals surface area contributed by atoms with Crippen LogP contribution in [0.25, 0.3) is 0 Å². The van der Waals surface area contributed by atoms with E-state index in [1.165, 1.54) is 0 Å². The third kappa shape index (κ3) is 4.57.